The van der Waals surface area contributed by atoms with E-state index in [0.29, 0.717) is 0 Å². The lowest BCUT2D eigenvalue weighted by Crippen LogP contribution is -2.30. The monoisotopic (exact) mass is 751 g/mol. The van der Waals surface area contributed by atoms with E-state index >= 15 is 0 Å². The first-order valence-corrected chi connectivity index (χ1v) is 21.7. The summed E-state index contributed by atoms with van der Waals surface area (Å²) in [6.45, 7) is 15.0. The predicted molar refractivity (Wildman–Crippen MR) is 234 cm³/mol. The van der Waals surface area contributed by atoms with Gasteiger partial charge in [0.1, 0.15) is 12.6 Å². The maximum Gasteiger partial charge on any atom is 0.210 e. The van der Waals surface area contributed by atoms with Crippen LogP contribution in [-0.2, 0) is 20.4 Å². The number of ketones is 2. The van der Waals surface area contributed by atoms with Crippen molar-refractivity contribution in [3.05, 3.63) is 107 Å². The molecule has 5 heteroatoms. The normalized spacial score (nSPS) is 21.4. The number of carbonyl (C=O) groups is 2. The van der Waals surface area contributed by atoms with E-state index in [4.69, 9.17) is 0 Å². The lowest BCUT2D eigenvalue weighted by Gasteiger charge is -2.28. The van der Waals surface area contributed by atoms with E-state index in [1.54, 1.807) is 0 Å². The number of aliphatic hydroxyl groups is 1. The van der Waals surface area contributed by atoms with Crippen molar-refractivity contribution in [3.63, 3.8) is 0 Å². The SMILES string of the molecule is CCCCCCCCN1C(=CC2C(=O)C(=CC3=[N+](CCCCCCCC)c4cc5ccccc5cc4C3(C)C)C(=O)C2O)C(C)(C)c2cc3ccccc3cc21. The van der Waals surface area contributed by atoms with Gasteiger partial charge in [-0.1, -0.05) is 140 Å². The number of rotatable bonds is 16. The molecule has 0 bridgehead atoms. The van der Waals surface area contributed by atoms with Crippen molar-refractivity contribution < 1.29 is 19.3 Å². The van der Waals surface area contributed by atoms with E-state index in [1.807, 2.05) is 12.2 Å². The standard InChI is InChI=1S/C51H63N2O3/c1-7-9-11-13-15-21-27-52-43-31-37-25-19-17-23-35(37)29-41(43)50(3,4)45(52)33-39-47(54)40(49(56)48(39)55)34-46-51(5,6)42-30-36-24-18-20-26-38(36)32-44(42)53(46)28-22-16-14-12-10-8-2/h17-20,23-26,29-34,39,48,55H,7-16,21-22,27-28H2,1-6H3/q+1. The summed E-state index contributed by atoms with van der Waals surface area (Å²) in [6, 6.07) is 26.1. The predicted octanol–water partition coefficient (Wildman–Crippen LogP) is 11.8. The van der Waals surface area contributed by atoms with E-state index in [0.717, 1.165) is 61.6 Å². The Hall–Kier alpha value is -4.35. The molecule has 1 fully saturated rings. The molecule has 0 spiro atoms. The molecule has 1 N–H and O–H groups in total. The number of Topliss-reactive ketones (excluding diaryl/α,β-unsaturated/α-hetero) is 2. The molecule has 5 nitrogen and oxygen atoms in total. The van der Waals surface area contributed by atoms with Crippen molar-refractivity contribution in [2.75, 3.05) is 18.0 Å². The van der Waals surface area contributed by atoms with E-state index in [2.05, 4.69) is 124 Å². The van der Waals surface area contributed by atoms with Gasteiger partial charge < -0.3 is 10.0 Å². The van der Waals surface area contributed by atoms with Gasteiger partial charge in [-0.25, -0.2) is 0 Å². The zero-order valence-electron chi connectivity index (χ0n) is 34.8. The number of carbonyl (C=O) groups excluding carboxylic acids is 2. The topological polar surface area (TPSA) is 60.6 Å². The highest BCUT2D eigenvalue weighted by Crippen LogP contribution is 2.50. The lowest BCUT2D eigenvalue weighted by molar-refractivity contribution is -0.438. The molecular formula is C51H63N2O3+. The molecule has 2 unspecified atom stereocenters. The largest absolute Gasteiger partial charge is 0.384 e. The molecule has 1 saturated carbocycles. The number of aliphatic hydroxyl groups excluding tert-OH is 1. The van der Waals surface area contributed by atoms with Crippen molar-refractivity contribution >= 4 is 50.2 Å². The fourth-order valence-electron chi connectivity index (χ4n) is 9.64. The average molecular weight is 752 g/mol. The molecule has 2 aliphatic heterocycles. The van der Waals surface area contributed by atoms with Gasteiger partial charge in [0, 0.05) is 47.5 Å². The molecule has 294 valence electrons. The van der Waals surface area contributed by atoms with Gasteiger partial charge in [0.25, 0.3) is 0 Å². The number of allylic oxidation sites excluding steroid dienone is 2. The summed E-state index contributed by atoms with van der Waals surface area (Å²) in [7, 11) is 0. The molecule has 56 heavy (non-hydrogen) atoms. The van der Waals surface area contributed by atoms with Gasteiger partial charge in [0.05, 0.1) is 16.9 Å². The fraction of sp³-hybridized carbons (Fsp3) is 0.471. The second-order valence-corrected chi connectivity index (χ2v) is 17.7. The first-order chi connectivity index (χ1) is 27.0. The first-order valence-electron chi connectivity index (χ1n) is 21.7. The minimum atomic E-state index is -1.42. The van der Waals surface area contributed by atoms with Crippen LogP contribution in [-0.4, -0.2) is 46.2 Å². The molecule has 4 aromatic carbocycles. The van der Waals surface area contributed by atoms with Crippen LogP contribution in [0.2, 0.25) is 0 Å². The minimum Gasteiger partial charge on any atom is -0.384 e. The van der Waals surface area contributed by atoms with Gasteiger partial charge in [-0.3, -0.25) is 9.59 Å². The van der Waals surface area contributed by atoms with Gasteiger partial charge in [0.2, 0.25) is 5.69 Å². The van der Waals surface area contributed by atoms with Gasteiger partial charge >= 0.3 is 0 Å². The third kappa shape index (κ3) is 7.44. The van der Waals surface area contributed by atoms with Crippen LogP contribution in [0.25, 0.3) is 21.5 Å². The van der Waals surface area contributed by atoms with Crippen LogP contribution in [0.1, 0.15) is 130 Å². The highest BCUT2D eigenvalue weighted by molar-refractivity contribution is 6.31. The molecule has 1 aliphatic carbocycles. The second-order valence-electron chi connectivity index (χ2n) is 17.7. The van der Waals surface area contributed by atoms with Crippen molar-refractivity contribution in [3.8, 4) is 0 Å². The number of unbranched alkanes of at least 4 members (excludes halogenated alkanes) is 10. The Kier molecular flexibility index (Phi) is 11.8. The number of fused-ring (bicyclic) bond motifs is 4. The molecule has 0 radical (unpaired) electrons. The molecule has 2 atom stereocenters. The first kappa shape index (κ1) is 39.9. The number of hydrogen-bond donors (Lipinski definition) is 1. The second kappa shape index (κ2) is 16.6. The van der Waals surface area contributed by atoms with E-state index in [-0.39, 0.29) is 11.4 Å². The van der Waals surface area contributed by atoms with Gasteiger partial charge in [-0.15, -0.1) is 0 Å². The Balaban J connectivity index is 1.26. The molecule has 7 rings (SSSR count). The summed E-state index contributed by atoms with van der Waals surface area (Å²) in [4.78, 5) is 31.2. The Morgan fingerprint density at radius 3 is 1.82 bits per heavy atom. The lowest BCUT2D eigenvalue weighted by atomic mass is 9.80. The van der Waals surface area contributed by atoms with Gasteiger partial charge in [0.15, 0.2) is 17.3 Å². The minimum absolute atomic E-state index is 0.120. The van der Waals surface area contributed by atoms with Crippen molar-refractivity contribution in [1.82, 2.24) is 0 Å². The van der Waals surface area contributed by atoms with Crippen LogP contribution in [0, 0.1) is 5.92 Å². The molecule has 0 amide bonds. The molecule has 0 aromatic heterocycles. The summed E-state index contributed by atoms with van der Waals surface area (Å²) in [6.07, 6.45) is 16.6. The summed E-state index contributed by atoms with van der Waals surface area (Å²) >= 11 is 0. The number of benzene rings is 4. The molecule has 3 aliphatic rings. The van der Waals surface area contributed by atoms with Crippen molar-refractivity contribution in [1.29, 1.82) is 0 Å². The molecule has 0 saturated heterocycles. The van der Waals surface area contributed by atoms with Crippen LogP contribution in [0.15, 0.2) is 96.2 Å². The number of anilines is 1. The maximum absolute atomic E-state index is 14.6. The third-order valence-corrected chi connectivity index (χ3v) is 13.1. The zero-order chi connectivity index (χ0) is 39.6. The van der Waals surface area contributed by atoms with Crippen molar-refractivity contribution in [2.45, 2.75) is 136 Å². The summed E-state index contributed by atoms with van der Waals surface area (Å²) in [5.41, 5.74) is 5.94. The van der Waals surface area contributed by atoms with Crippen molar-refractivity contribution in [2.24, 2.45) is 5.92 Å². The van der Waals surface area contributed by atoms with Gasteiger partial charge in [-0.2, -0.15) is 4.58 Å². The molecule has 4 aromatic rings. The van der Waals surface area contributed by atoms with E-state index in [1.165, 1.54) is 84.0 Å². The molecular weight excluding hydrogens is 689 g/mol. The van der Waals surface area contributed by atoms with Crippen LogP contribution < -0.4 is 4.90 Å². The third-order valence-electron chi connectivity index (χ3n) is 13.1. The quantitative estimate of drug-likeness (QED) is 0.0536. The average Bonchev–Trinajstić information content (AvgIpc) is 3.62. The van der Waals surface area contributed by atoms with Crippen LogP contribution in [0.4, 0.5) is 11.4 Å². The van der Waals surface area contributed by atoms with E-state index in [9.17, 15) is 14.7 Å². The molecule has 2 heterocycles. The Morgan fingerprint density at radius 2 is 1.20 bits per heavy atom. The smallest absolute Gasteiger partial charge is 0.210 e. The van der Waals surface area contributed by atoms with Gasteiger partial charge in [-0.05, 0) is 72.0 Å². The Labute approximate surface area is 335 Å². The number of hydrogen-bond acceptors (Lipinski definition) is 4. The highest BCUT2D eigenvalue weighted by Gasteiger charge is 2.50. The Bertz CT molecular complexity index is 2220. The van der Waals surface area contributed by atoms with E-state index < -0.39 is 28.6 Å². The highest BCUT2D eigenvalue weighted by atomic mass is 16.3. The Morgan fingerprint density at radius 1 is 0.661 bits per heavy atom. The van der Waals surface area contributed by atoms with Crippen LogP contribution >= 0.6 is 0 Å². The van der Waals surface area contributed by atoms with Crippen LogP contribution in [0.5, 0.6) is 0 Å². The fourth-order valence-corrected chi connectivity index (χ4v) is 9.64. The maximum atomic E-state index is 14.6. The summed E-state index contributed by atoms with van der Waals surface area (Å²) in [5, 5.41) is 16.4. The zero-order valence-corrected chi connectivity index (χ0v) is 34.8. The summed E-state index contributed by atoms with van der Waals surface area (Å²) in [5.74, 6) is -1.70. The summed E-state index contributed by atoms with van der Waals surface area (Å²) < 4.78 is 2.36. The number of nitrogens with zero attached hydrogens (tertiary/aromatic N) is 2. The van der Waals surface area contributed by atoms with Crippen LogP contribution in [0.3, 0.4) is 0 Å².